The molecule has 3 aromatic rings. The third-order valence-corrected chi connectivity index (χ3v) is 4.51. The van der Waals surface area contributed by atoms with Gasteiger partial charge >= 0.3 is 5.97 Å². The summed E-state index contributed by atoms with van der Waals surface area (Å²) in [7, 11) is 0. The van der Waals surface area contributed by atoms with Gasteiger partial charge in [-0.05, 0) is 36.4 Å². The molecule has 0 spiro atoms. The summed E-state index contributed by atoms with van der Waals surface area (Å²) in [4.78, 5) is 28.2. The number of fused-ring (bicyclic) bond motifs is 1. The summed E-state index contributed by atoms with van der Waals surface area (Å²) < 4.78 is 34.2. The first kappa shape index (κ1) is 21.3. The molecule has 10 heteroatoms. The molecule has 4 rings (SSSR count). The number of ether oxygens (including phenoxy) is 3. The molecule has 1 N–H and O–H groups in total. The number of carbonyl (C=O) groups is 2. The lowest BCUT2D eigenvalue weighted by Gasteiger charge is -2.10. The summed E-state index contributed by atoms with van der Waals surface area (Å²) in [6.45, 7) is 0.678. The van der Waals surface area contributed by atoms with Crippen molar-refractivity contribution in [2.24, 2.45) is 0 Å². The van der Waals surface area contributed by atoms with E-state index in [2.05, 4.69) is 15.5 Å². The molecular weight excluding hydrogens is 421 g/mol. The largest absolute Gasteiger partial charge is 0.490 e. The van der Waals surface area contributed by atoms with Crippen LogP contribution in [0.25, 0.3) is 11.4 Å². The van der Waals surface area contributed by atoms with Crippen molar-refractivity contribution in [3.05, 3.63) is 54.2 Å². The molecule has 0 radical (unpaired) electrons. The Morgan fingerprint density at radius 3 is 2.66 bits per heavy atom. The maximum atomic E-state index is 13.0. The van der Waals surface area contributed by atoms with Crippen molar-refractivity contribution in [2.75, 3.05) is 25.1 Å². The van der Waals surface area contributed by atoms with Gasteiger partial charge in [0.05, 0.1) is 19.6 Å². The van der Waals surface area contributed by atoms with E-state index < -0.39 is 18.5 Å². The molecule has 32 heavy (non-hydrogen) atoms. The van der Waals surface area contributed by atoms with Crippen LogP contribution in [0, 0.1) is 5.82 Å². The zero-order valence-electron chi connectivity index (χ0n) is 17.0. The van der Waals surface area contributed by atoms with E-state index in [0.717, 1.165) is 6.42 Å². The summed E-state index contributed by atoms with van der Waals surface area (Å²) in [6.07, 6.45) is 0.891. The molecule has 0 unspecified atom stereocenters. The minimum Gasteiger partial charge on any atom is -0.490 e. The van der Waals surface area contributed by atoms with Gasteiger partial charge in [0, 0.05) is 30.2 Å². The molecule has 0 saturated heterocycles. The first-order chi connectivity index (χ1) is 15.6. The molecule has 9 nitrogen and oxygen atoms in total. The highest BCUT2D eigenvalue weighted by Gasteiger charge is 2.15. The molecule has 1 aliphatic rings. The number of aromatic nitrogens is 2. The van der Waals surface area contributed by atoms with Gasteiger partial charge in [0.2, 0.25) is 11.7 Å². The number of halogens is 1. The van der Waals surface area contributed by atoms with Crippen molar-refractivity contribution in [3.63, 3.8) is 0 Å². The smallest absolute Gasteiger partial charge is 0.306 e. The van der Waals surface area contributed by atoms with E-state index >= 15 is 0 Å². The zero-order valence-corrected chi connectivity index (χ0v) is 17.0. The fraction of sp³-hybridized carbons (Fsp3) is 0.273. The zero-order chi connectivity index (χ0) is 22.3. The lowest BCUT2D eigenvalue weighted by Crippen LogP contribution is -2.21. The van der Waals surface area contributed by atoms with Crippen LogP contribution < -0.4 is 14.8 Å². The second kappa shape index (κ2) is 9.90. The second-order valence-corrected chi connectivity index (χ2v) is 6.94. The van der Waals surface area contributed by atoms with Crippen LogP contribution in [-0.4, -0.2) is 41.8 Å². The van der Waals surface area contributed by atoms with Gasteiger partial charge in [-0.25, -0.2) is 4.39 Å². The van der Waals surface area contributed by atoms with Gasteiger partial charge in [-0.1, -0.05) is 5.16 Å². The first-order valence-electron chi connectivity index (χ1n) is 10.0. The Balaban J connectivity index is 1.22. The molecule has 2 aromatic carbocycles. The topological polar surface area (TPSA) is 113 Å². The number of nitrogens with zero attached hydrogens (tertiary/aromatic N) is 2. The molecule has 1 aliphatic heterocycles. The molecule has 0 atom stereocenters. The van der Waals surface area contributed by atoms with E-state index in [-0.39, 0.29) is 24.5 Å². The number of amides is 1. The highest BCUT2D eigenvalue weighted by Crippen LogP contribution is 2.32. The fourth-order valence-electron chi connectivity index (χ4n) is 2.94. The lowest BCUT2D eigenvalue weighted by molar-refractivity contribution is -0.147. The Kier molecular flexibility index (Phi) is 6.59. The van der Waals surface area contributed by atoms with Crippen LogP contribution >= 0.6 is 0 Å². The summed E-state index contributed by atoms with van der Waals surface area (Å²) in [5.41, 5.74) is 1.10. The van der Waals surface area contributed by atoms with E-state index in [1.165, 1.54) is 24.3 Å². The van der Waals surface area contributed by atoms with Crippen LogP contribution in [0.2, 0.25) is 0 Å². The van der Waals surface area contributed by atoms with Crippen LogP contribution in [0.15, 0.2) is 47.0 Å². The number of benzene rings is 2. The van der Waals surface area contributed by atoms with Gasteiger partial charge < -0.3 is 24.1 Å². The second-order valence-electron chi connectivity index (χ2n) is 6.94. The SMILES string of the molecule is O=C(COC(=O)CCc1nc(-c2ccc(F)cc2)no1)Nc1ccc2c(c1)OCCCO2. The molecule has 2 heterocycles. The van der Waals surface area contributed by atoms with E-state index in [1.54, 1.807) is 18.2 Å². The predicted molar refractivity (Wildman–Crippen MR) is 110 cm³/mol. The van der Waals surface area contributed by atoms with Crippen LogP contribution in [0.1, 0.15) is 18.7 Å². The molecule has 0 aliphatic carbocycles. The van der Waals surface area contributed by atoms with Crippen LogP contribution in [0.3, 0.4) is 0 Å². The van der Waals surface area contributed by atoms with Gasteiger partial charge in [0.15, 0.2) is 18.1 Å². The number of rotatable bonds is 7. The Labute approximate surface area is 182 Å². The number of anilines is 1. The predicted octanol–water partition coefficient (Wildman–Crippen LogP) is 3.15. The van der Waals surface area contributed by atoms with E-state index in [4.69, 9.17) is 18.7 Å². The molecular formula is C22H20FN3O6. The fourth-order valence-corrected chi connectivity index (χ4v) is 2.94. The van der Waals surface area contributed by atoms with Crippen molar-refractivity contribution < 1.29 is 32.7 Å². The van der Waals surface area contributed by atoms with Gasteiger partial charge in [0.1, 0.15) is 5.82 Å². The standard InChI is InChI=1S/C22H20FN3O6/c23-15-4-2-14(3-5-15)22-25-20(32-26-22)8-9-21(28)31-13-19(27)24-16-6-7-17-18(12-16)30-11-1-10-29-17/h2-7,12H,1,8-11,13H2,(H,24,27). The maximum absolute atomic E-state index is 13.0. The number of nitrogens with one attached hydrogen (secondary N) is 1. The summed E-state index contributed by atoms with van der Waals surface area (Å²) in [6, 6.07) is 10.7. The van der Waals surface area contributed by atoms with Crippen LogP contribution in [0.4, 0.5) is 10.1 Å². The Morgan fingerprint density at radius 2 is 1.84 bits per heavy atom. The average Bonchev–Trinajstić information content (AvgIpc) is 3.14. The van der Waals surface area contributed by atoms with Crippen molar-refractivity contribution >= 4 is 17.6 Å². The highest BCUT2D eigenvalue weighted by atomic mass is 19.1. The van der Waals surface area contributed by atoms with Gasteiger partial charge in [-0.3, -0.25) is 9.59 Å². The maximum Gasteiger partial charge on any atom is 0.306 e. The molecule has 1 amide bonds. The summed E-state index contributed by atoms with van der Waals surface area (Å²) in [5.74, 6) is 0.270. The number of hydrogen-bond acceptors (Lipinski definition) is 8. The van der Waals surface area contributed by atoms with E-state index in [1.807, 2.05) is 0 Å². The quantitative estimate of drug-likeness (QED) is 0.557. The van der Waals surface area contributed by atoms with E-state index in [9.17, 15) is 14.0 Å². The van der Waals surface area contributed by atoms with Gasteiger partial charge in [-0.15, -0.1) is 0 Å². The third-order valence-electron chi connectivity index (χ3n) is 4.51. The monoisotopic (exact) mass is 441 g/mol. The average molecular weight is 441 g/mol. The highest BCUT2D eigenvalue weighted by molar-refractivity contribution is 5.93. The third kappa shape index (κ3) is 5.60. The first-order valence-corrected chi connectivity index (χ1v) is 10.0. The molecule has 0 fully saturated rings. The molecule has 1 aromatic heterocycles. The summed E-state index contributed by atoms with van der Waals surface area (Å²) in [5, 5.41) is 6.46. The van der Waals surface area contributed by atoms with Gasteiger partial charge in [0.25, 0.3) is 5.91 Å². The molecule has 0 bridgehead atoms. The Hall–Kier alpha value is -3.95. The molecule has 0 saturated carbocycles. The number of esters is 1. The van der Waals surface area contributed by atoms with Crippen molar-refractivity contribution in [1.29, 1.82) is 0 Å². The van der Waals surface area contributed by atoms with Crippen LogP contribution in [-0.2, 0) is 20.7 Å². The number of aryl methyl sites for hydroxylation is 1. The molecule has 166 valence electrons. The summed E-state index contributed by atoms with van der Waals surface area (Å²) >= 11 is 0. The lowest BCUT2D eigenvalue weighted by atomic mass is 10.2. The minimum atomic E-state index is -0.583. The minimum absolute atomic E-state index is 0.0393. The number of carbonyl (C=O) groups excluding carboxylic acids is 2. The van der Waals surface area contributed by atoms with E-state index in [0.29, 0.717) is 41.8 Å². The van der Waals surface area contributed by atoms with Crippen molar-refractivity contribution in [2.45, 2.75) is 19.3 Å². The van der Waals surface area contributed by atoms with Gasteiger partial charge in [-0.2, -0.15) is 4.98 Å². The Morgan fingerprint density at radius 1 is 1.06 bits per heavy atom. The van der Waals surface area contributed by atoms with Crippen molar-refractivity contribution in [3.8, 4) is 22.9 Å². The Bertz CT molecular complexity index is 1100. The van der Waals surface area contributed by atoms with Crippen molar-refractivity contribution in [1.82, 2.24) is 10.1 Å². The van der Waals surface area contributed by atoms with Crippen LogP contribution in [0.5, 0.6) is 11.5 Å². The normalized spacial score (nSPS) is 12.7. The number of hydrogen-bond donors (Lipinski definition) is 1.